The zero-order valence-corrected chi connectivity index (χ0v) is 10.6. The van der Waals surface area contributed by atoms with Gasteiger partial charge in [0.15, 0.2) is 0 Å². The van der Waals surface area contributed by atoms with E-state index in [1.54, 1.807) is 0 Å². The van der Waals surface area contributed by atoms with E-state index in [1.165, 1.54) is 42.7 Å². The molecule has 2 aromatic rings. The number of nitrogens with two attached hydrogens (primary N) is 1. The number of hydrogen-bond acceptors (Lipinski definition) is 5. The van der Waals surface area contributed by atoms with Crippen molar-refractivity contribution in [2.24, 2.45) is 0 Å². The highest BCUT2D eigenvalue weighted by Gasteiger charge is 2.15. The van der Waals surface area contributed by atoms with Crippen LogP contribution in [-0.2, 0) is 10.0 Å². The SMILES string of the molecule is N#Cc1cccc(S(=O)(=O)Nc2ccncc2N)c1. The Bertz CT molecular complexity index is 750. The third-order valence-corrected chi connectivity index (χ3v) is 3.73. The number of pyridine rings is 1. The first-order valence-corrected chi connectivity index (χ1v) is 6.74. The molecule has 0 amide bonds. The van der Waals surface area contributed by atoms with E-state index in [9.17, 15) is 8.42 Å². The molecule has 0 saturated heterocycles. The van der Waals surface area contributed by atoms with Gasteiger partial charge in [0.25, 0.3) is 10.0 Å². The van der Waals surface area contributed by atoms with Crippen molar-refractivity contribution in [1.82, 2.24) is 4.98 Å². The summed E-state index contributed by atoms with van der Waals surface area (Å²) in [5.41, 5.74) is 6.36. The quantitative estimate of drug-likeness (QED) is 0.877. The topological polar surface area (TPSA) is 109 Å². The Labute approximate surface area is 110 Å². The Morgan fingerprint density at radius 1 is 1.32 bits per heavy atom. The smallest absolute Gasteiger partial charge is 0.262 e. The number of hydrogen-bond donors (Lipinski definition) is 2. The summed E-state index contributed by atoms with van der Waals surface area (Å²) >= 11 is 0. The second-order valence-electron chi connectivity index (χ2n) is 3.71. The molecule has 0 unspecified atom stereocenters. The van der Waals surface area contributed by atoms with Crippen molar-refractivity contribution in [3.63, 3.8) is 0 Å². The standard InChI is InChI=1S/C12H10N4O2S/c13-7-9-2-1-3-10(6-9)19(17,18)16-12-4-5-15-8-11(12)14/h1-6,8H,14H2,(H,15,16). The molecular formula is C12H10N4O2S. The van der Waals surface area contributed by atoms with Crippen LogP contribution in [0.5, 0.6) is 0 Å². The lowest BCUT2D eigenvalue weighted by molar-refractivity contribution is 0.601. The Balaban J connectivity index is 2.39. The highest BCUT2D eigenvalue weighted by molar-refractivity contribution is 7.92. The van der Waals surface area contributed by atoms with Gasteiger partial charge < -0.3 is 5.73 Å². The molecule has 0 fully saturated rings. The summed E-state index contributed by atoms with van der Waals surface area (Å²) in [4.78, 5) is 3.77. The number of sulfonamides is 1. The van der Waals surface area contributed by atoms with Gasteiger partial charge in [0, 0.05) is 6.20 Å². The van der Waals surface area contributed by atoms with E-state index in [2.05, 4.69) is 9.71 Å². The molecule has 2 rings (SSSR count). The summed E-state index contributed by atoms with van der Waals surface area (Å²) in [5.74, 6) is 0. The van der Waals surface area contributed by atoms with Crippen molar-refractivity contribution in [3.8, 4) is 6.07 Å². The Hall–Kier alpha value is -2.59. The number of nitrogens with zero attached hydrogens (tertiary/aromatic N) is 2. The van der Waals surface area contributed by atoms with Gasteiger partial charge in [0.05, 0.1) is 34.1 Å². The van der Waals surface area contributed by atoms with Gasteiger partial charge in [-0.1, -0.05) is 6.07 Å². The second-order valence-corrected chi connectivity index (χ2v) is 5.39. The lowest BCUT2D eigenvalue weighted by Gasteiger charge is -2.09. The van der Waals surface area contributed by atoms with Crippen molar-refractivity contribution >= 4 is 21.4 Å². The van der Waals surface area contributed by atoms with E-state index in [1.807, 2.05) is 6.07 Å². The zero-order valence-electron chi connectivity index (χ0n) is 9.74. The largest absolute Gasteiger partial charge is 0.396 e. The van der Waals surface area contributed by atoms with Gasteiger partial charge in [-0.3, -0.25) is 9.71 Å². The van der Waals surface area contributed by atoms with Crippen LogP contribution >= 0.6 is 0 Å². The number of anilines is 2. The third-order valence-electron chi connectivity index (χ3n) is 2.37. The molecule has 0 aliphatic carbocycles. The van der Waals surface area contributed by atoms with Gasteiger partial charge in [-0.25, -0.2) is 8.42 Å². The molecule has 3 N–H and O–H groups in total. The van der Waals surface area contributed by atoms with Crippen LogP contribution < -0.4 is 10.5 Å². The first-order valence-electron chi connectivity index (χ1n) is 5.25. The van der Waals surface area contributed by atoms with Crippen LogP contribution in [0.1, 0.15) is 5.56 Å². The second kappa shape index (κ2) is 4.96. The zero-order chi connectivity index (χ0) is 13.9. The number of nitrogens with one attached hydrogen (secondary N) is 1. The molecule has 0 atom stereocenters. The van der Waals surface area contributed by atoms with Gasteiger partial charge in [-0.05, 0) is 24.3 Å². The first-order chi connectivity index (χ1) is 9.03. The van der Waals surface area contributed by atoms with Gasteiger partial charge in [-0.15, -0.1) is 0 Å². The van der Waals surface area contributed by atoms with Gasteiger partial charge in [0.1, 0.15) is 0 Å². The molecule has 0 spiro atoms. The minimum atomic E-state index is -3.78. The predicted octanol–water partition coefficient (Wildman–Crippen LogP) is 1.34. The number of aromatic nitrogens is 1. The van der Waals surface area contributed by atoms with Crippen molar-refractivity contribution in [1.29, 1.82) is 5.26 Å². The molecule has 6 nitrogen and oxygen atoms in total. The van der Waals surface area contributed by atoms with E-state index in [0.29, 0.717) is 0 Å². The average Bonchev–Trinajstić information content (AvgIpc) is 2.41. The highest BCUT2D eigenvalue weighted by Crippen LogP contribution is 2.20. The fraction of sp³-hybridized carbons (Fsp3) is 0. The average molecular weight is 274 g/mol. The van der Waals surface area contributed by atoms with Crippen molar-refractivity contribution in [2.45, 2.75) is 4.90 Å². The van der Waals surface area contributed by atoms with Crippen LogP contribution in [0.3, 0.4) is 0 Å². The molecule has 96 valence electrons. The molecule has 0 aliphatic rings. The molecule has 1 heterocycles. The predicted molar refractivity (Wildman–Crippen MR) is 70.6 cm³/mol. The van der Waals surface area contributed by atoms with Gasteiger partial charge in [0.2, 0.25) is 0 Å². The summed E-state index contributed by atoms with van der Waals surface area (Å²) in [5, 5.41) is 8.77. The van der Waals surface area contributed by atoms with Crippen LogP contribution in [-0.4, -0.2) is 13.4 Å². The lowest BCUT2D eigenvalue weighted by Crippen LogP contribution is -2.14. The number of benzene rings is 1. The molecular weight excluding hydrogens is 264 g/mol. The molecule has 0 radical (unpaired) electrons. The number of nitriles is 1. The van der Waals surface area contributed by atoms with Gasteiger partial charge >= 0.3 is 0 Å². The highest BCUT2D eigenvalue weighted by atomic mass is 32.2. The summed E-state index contributed by atoms with van der Waals surface area (Å²) < 4.78 is 26.6. The maximum Gasteiger partial charge on any atom is 0.262 e. The summed E-state index contributed by atoms with van der Waals surface area (Å²) in [6, 6.07) is 9.07. The van der Waals surface area contributed by atoms with E-state index in [0.717, 1.165) is 0 Å². The van der Waals surface area contributed by atoms with Crippen LogP contribution in [0.2, 0.25) is 0 Å². The summed E-state index contributed by atoms with van der Waals surface area (Å²) in [7, 11) is -3.78. The molecule has 0 saturated carbocycles. The molecule has 1 aromatic carbocycles. The fourth-order valence-corrected chi connectivity index (χ4v) is 2.57. The monoisotopic (exact) mass is 274 g/mol. The van der Waals surface area contributed by atoms with Crippen molar-refractivity contribution in [2.75, 3.05) is 10.5 Å². The maximum atomic E-state index is 12.1. The van der Waals surface area contributed by atoms with Crippen LogP contribution in [0.4, 0.5) is 11.4 Å². The van der Waals surface area contributed by atoms with Gasteiger partial charge in [-0.2, -0.15) is 5.26 Å². The molecule has 0 bridgehead atoms. The molecule has 7 heteroatoms. The minimum Gasteiger partial charge on any atom is -0.396 e. The minimum absolute atomic E-state index is 0.00256. The van der Waals surface area contributed by atoms with Crippen molar-refractivity contribution < 1.29 is 8.42 Å². The normalized spacial score (nSPS) is 10.7. The maximum absolute atomic E-state index is 12.1. The van der Waals surface area contributed by atoms with Crippen molar-refractivity contribution in [3.05, 3.63) is 48.3 Å². The number of nitrogen functional groups attached to an aromatic ring is 1. The lowest BCUT2D eigenvalue weighted by atomic mass is 10.2. The van der Waals surface area contributed by atoms with Crippen LogP contribution in [0.15, 0.2) is 47.6 Å². The van der Waals surface area contributed by atoms with E-state index >= 15 is 0 Å². The molecule has 19 heavy (non-hydrogen) atoms. The van der Waals surface area contributed by atoms with Crippen LogP contribution in [0, 0.1) is 11.3 Å². The third kappa shape index (κ3) is 2.81. The summed E-state index contributed by atoms with van der Waals surface area (Å²) in [6.45, 7) is 0. The first kappa shape index (κ1) is 12.9. The Morgan fingerprint density at radius 3 is 2.79 bits per heavy atom. The van der Waals surface area contributed by atoms with Crippen LogP contribution in [0.25, 0.3) is 0 Å². The van der Waals surface area contributed by atoms with E-state index in [-0.39, 0.29) is 21.8 Å². The number of rotatable bonds is 3. The Morgan fingerprint density at radius 2 is 2.11 bits per heavy atom. The summed E-state index contributed by atoms with van der Waals surface area (Å²) in [6.07, 6.45) is 2.78. The van der Waals surface area contributed by atoms with E-state index in [4.69, 9.17) is 11.0 Å². The molecule has 1 aromatic heterocycles. The Kier molecular flexibility index (Phi) is 3.35. The molecule has 0 aliphatic heterocycles. The van der Waals surface area contributed by atoms with E-state index < -0.39 is 10.0 Å². The fourth-order valence-electron chi connectivity index (χ4n) is 1.44.